The molecule has 1 rings (SSSR count). The predicted molar refractivity (Wildman–Crippen MR) is 87.2 cm³/mol. The Hall–Kier alpha value is -0.860. The molecule has 0 radical (unpaired) electrons. The minimum atomic E-state index is 0.155. The standard InChI is InChI=1S/C18H31NO/c1-5-6-7-8-12-16(3)20-18(14-19-4)17-13-10-9-11-15(17)2/h9-11,13,16,18-19H,5-8,12,14H2,1-4H3. The fourth-order valence-electron chi connectivity index (χ4n) is 2.57. The Morgan fingerprint density at radius 2 is 1.90 bits per heavy atom. The van der Waals surface area contributed by atoms with Crippen LogP contribution in [-0.2, 0) is 4.74 Å². The van der Waals surface area contributed by atoms with E-state index in [4.69, 9.17) is 4.74 Å². The van der Waals surface area contributed by atoms with Crippen molar-refractivity contribution in [1.82, 2.24) is 5.32 Å². The summed E-state index contributed by atoms with van der Waals surface area (Å²) in [4.78, 5) is 0. The highest BCUT2D eigenvalue weighted by Crippen LogP contribution is 2.23. The lowest BCUT2D eigenvalue weighted by Crippen LogP contribution is -2.24. The molecule has 0 aliphatic carbocycles. The zero-order valence-electron chi connectivity index (χ0n) is 13.6. The molecule has 0 amide bonds. The molecule has 0 heterocycles. The second kappa shape index (κ2) is 9.95. The van der Waals surface area contributed by atoms with Crippen LogP contribution in [0.2, 0.25) is 0 Å². The number of hydrogen-bond donors (Lipinski definition) is 1. The SMILES string of the molecule is CCCCCCC(C)OC(CNC)c1ccccc1C. The third-order valence-electron chi connectivity index (χ3n) is 3.79. The molecule has 2 unspecified atom stereocenters. The van der Waals surface area contributed by atoms with Crippen LogP contribution in [0.5, 0.6) is 0 Å². The van der Waals surface area contributed by atoms with Gasteiger partial charge in [-0.2, -0.15) is 0 Å². The van der Waals surface area contributed by atoms with Gasteiger partial charge in [-0.3, -0.25) is 0 Å². The Morgan fingerprint density at radius 3 is 2.55 bits per heavy atom. The van der Waals surface area contributed by atoms with Crippen LogP contribution in [-0.4, -0.2) is 19.7 Å². The third-order valence-corrected chi connectivity index (χ3v) is 3.79. The van der Waals surface area contributed by atoms with Gasteiger partial charge in [0.15, 0.2) is 0 Å². The molecule has 2 heteroatoms. The van der Waals surface area contributed by atoms with Gasteiger partial charge in [-0.1, -0.05) is 56.9 Å². The molecule has 0 saturated carbocycles. The largest absolute Gasteiger partial charge is 0.369 e. The molecule has 0 saturated heterocycles. The summed E-state index contributed by atoms with van der Waals surface area (Å²) < 4.78 is 6.28. The number of hydrogen-bond acceptors (Lipinski definition) is 2. The van der Waals surface area contributed by atoms with Crippen molar-refractivity contribution in [3.8, 4) is 0 Å². The molecule has 20 heavy (non-hydrogen) atoms. The van der Waals surface area contributed by atoms with E-state index in [0.717, 1.165) is 13.0 Å². The maximum atomic E-state index is 6.28. The Labute approximate surface area is 124 Å². The Kier molecular flexibility index (Phi) is 8.56. The maximum absolute atomic E-state index is 6.28. The van der Waals surface area contributed by atoms with Gasteiger partial charge < -0.3 is 10.1 Å². The summed E-state index contributed by atoms with van der Waals surface area (Å²) in [6.45, 7) is 7.48. The van der Waals surface area contributed by atoms with Gasteiger partial charge in [-0.25, -0.2) is 0 Å². The number of rotatable bonds is 10. The molecule has 114 valence electrons. The lowest BCUT2D eigenvalue weighted by Gasteiger charge is -2.24. The van der Waals surface area contributed by atoms with Crippen molar-refractivity contribution in [2.24, 2.45) is 0 Å². The number of aryl methyl sites for hydroxylation is 1. The summed E-state index contributed by atoms with van der Waals surface area (Å²) in [5.74, 6) is 0. The highest BCUT2D eigenvalue weighted by Gasteiger charge is 2.16. The van der Waals surface area contributed by atoms with Gasteiger partial charge in [-0.05, 0) is 38.4 Å². The van der Waals surface area contributed by atoms with E-state index in [9.17, 15) is 0 Å². The van der Waals surface area contributed by atoms with Gasteiger partial charge in [0.05, 0.1) is 12.2 Å². The van der Waals surface area contributed by atoms with E-state index >= 15 is 0 Å². The lowest BCUT2D eigenvalue weighted by atomic mass is 10.0. The van der Waals surface area contributed by atoms with E-state index in [1.165, 1.54) is 36.8 Å². The minimum Gasteiger partial charge on any atom is -0.369 e. The average molecular weight is 277 g/mol. The van der Waals surface area contributed by atoms with Crippen molar-refractivity contribution in [3.63, 3.8) is 0 Å². The summed E-state index contributed by atoms with van der Waals surface area (Å²) >= 11 is 0. The topological polar surface area (TPSA) is 21.3 Å². The van der Waals surface area contributed by atoms with Gasteiger partial charge in [-0.15, -0.1) is 0 Å². The number of unbranched alkanes of at least 4 members (excludes halogenated alkanes) is 3. The van der Waals surface area contributed by atoms with Gasteiger partial charge >= 0.3 is 0 Å². The molecule has 2 atom stereocenters. The van der Waals surface area contributed by atoms with Crippen LogP contribution >= 0.6 is 0 Å². The van der Waals surface area contributed by atoms with Crippen molar-refractivity contribution < 1.29 is 4.74 Å². The normalized spacial score (nSPS) is 14.2. The maximum Gasteiger partial charge on any atom is 0.0955 e. The van der Waals surface area contributed by atoms with Crippen LogP contribution < -0.4 is 5.32 Å². The number of likely N-dealkylation sites (N-methyl/N-ethyl adjacent to an activating group) is 1. The molecule has 0 aliphatic heterocycles. The zero-order chi connectivity index (χ0) is 14.8. The summed E-state index contributed by atoms with van der Waals surface area (Å²) in [7, 11) is 1.99. The van der Waals surface area contributed by atoms with Gasteiger partial charge in [0.2, 0.25) is 0 Å². The Balaban J connectivity index is 2.52. The van der Waals surface area contributed by atoms with Crippen LogP contribution in [0.1, 0.15) is 63.2 Å². The molecule has 0 aromatic heterocycles. The zero-order valence-corrected chi connectivity index (χ0v) is 13.6. The smallest absolute Gasteiger partial charge is 0.0955 e. The molecule has 2 nitrogen and oxygen atoms in total. The first kappa shape index (κ1) is 17.2. The molecule has 1 aromatic rings. The molecule has 1 aromatic carbocycles. The monoisotopic (exact) mass is 277 g/mol. The Morgan fingerprint density at radius 1 is 1.15 bits per heavy atom. The summed E-state index contributed by atoms with van der Waals surface area (Å²) in [5.41, 5.74) is 2.62. The number of nitrogens with one attached hydrogen (secondary N) is 1. The summed E-state index contributed by atoms with van der Waals surface area (Å²) in [5, 5.41) is 3.25. The first-order valence-corrected chi connectivity index (χ1v) is 8.04. The van der Waals surface area contributed by atoms with E-state index in [-0.39, 0.29) is 6.10 Å². The van der Waals surface area contributed by atoms with E-state index in [0.29, 0.717) is 6.10 Å². The number of benzene rings is 1. The van der Waals surface area contributed by atoms with Gasteiger partial charge in [0, 0.05) is 6.54 Å². The second-order valence-electron chi connectivity index (χ2n) is 5.70. The van der Waals surface area contributed by atoms with Crippen molar-refractivity contribution in [2.75, 3.05) is 13.6 Å². The second-order valence-corrected chi connectivity index (χ2v) is 5.70. The lowest BCUT2D eigenvalue weighted by molar-refractivity contribution is -0.00749. The molecule has 0 aliphatic rings. The molecular weight excluding hydrogens is 246 g/mol. The van der Waals surface area contributed by atoms with Crippen molar-refractivity contribution in [3.05, 3.63) is 35.4 Å². The molecule has 0 spiro atoms. The van der Waals surface area contributed by atoms with E-state index < -0.39 is 0 Å². The van der Waals surface area contributed by atoms with Crippen molar-refractivity contribution in [1.29, 1.82) is 0 Å². The van der Waals surface area contributed by atoms with E-state index in [1.807, 2.05) is 7.05 Å². The average Bonchev–Trinajstić information content (AvgIpc) is 2.44. The first-order valence-electron chi connectivity index (χ1n) is 8.04. The fraction of sp³-hybridized carbons (Fsp3) is 0.667. The first-order chi connectivity index (χ1) is 9.69. The molecule has 0 fully saturated rings. The van der Waals surface area contributed by atoms with Crippen LogP contribution in [0.4, 0.5) is 0 Å². The van der Waals surface area contributed by atoms with Crippen LogP contribution in [0, 0.1) is 6.92 Å². The third kappa shape index (κ3) is 6.06. The van der Waals surface area contributed by atoms with E-state index in [2.05, 4.69) is 50.4 Å². The summed E-state index contributed by atoms with van der Waals surface area (Å²) in [6.07, 6.45) is 6.87. The molecule has 1 N–H and O–H groups in total. The van der Waals surface area contributed by atoms with Crippen LogP contribution in [0.15, 0.2) is 24.3 Å². The van der Waals surface area contributed by atoms with Crippen LogP contribution in [0.25, 0.3) is 0 Å². The van der Waals surface area contributed by atoms with Gasteiger partial charge in [0.25, 0.3) is 0 Å². The predicted octanol–water partition coefficient (Wildman–Crippen LogP) is 4.63. The highest BCUT2D eigenvalue weighted by atomic mass is 16.5. The molecular formula is C18H31NO. The quantitative estimate of drug-likeness (QED) is 0.629. The van der Waals surface area contributed by atoms with Gasteiger partial charge in [0.1, 0.15) is 0 Å². The minimum absolute atomic E-state index is 0.155. The fourth-order valence-corrected chi connectivity index (χ4v) is 2.57. The van der Waals surface area contributed by atoms with Crippen molar-refractivity contribution >= 4 is 0 Å². The molecule has 0 bridgehead atoms. The van der Waals surface area contributed by atoms with Crippen LogP contribution in [0.3, 0.4) is 0 Å². The van der Waals surface area contributed by atoms with Crippen molar-refractivity contribution in [2.45, 2.75) is 65.1 Å². The number of ether oxygens (including phenoxy) is 1. The van der Waals surface area contributed by atoms with E-state index in [1.54, 1.807) is 0 Å². The Bertz CT molecular complexity index is 364. The highest BCUT2D eigenvalue weighted by molar-refractivity contribution is 5.28. The summed E-state index contributed by atoms with van der Waals surface area (Å²) in [6, 6.07) is 8.53.